The molecular formula is C71H47NO2. The number of furan rings is 2. The quantitative estimate of drug-likeness (QED) is 0.128. The fourth-order valence-electron chi connectivity index (χ4n) is 11.5. The summed E-state index contributed by atoms with van der Waals surface area (Å²) in [5.74, 6) is 0. The second kappa shape index (κ2) is 17.9. The first-order valence-electron chi connectivity index (χ1n) is 25.3. The lowest BCUT2D eigenvalue weighted by Crippen LogP contribution is -2.30. The van der Waals surface area contributed by atoms with Crippen molar-refractivity contribution in [2.45, 2.75) is 5.41 Å². The molecule has 0 N–H and O–H groups in total. The molecule has 0 aliphatic rings. The number of hydrogen-bond donors (Lipinski definition) is 0. The van der Waals surface area contributed by atoms with Crippen LogP contribution in [0.15, 0.2) is 294 Å². The van der Waals surface area contributed by atoms with E-state index in [0.717, 1.165) is 94.1 Å². The predicted molar refractivity (Wildman–Crippen MR) is 308 cm³/mol. The third kappa shape index (κ3) is 7.20. The van der Waals surface area contributed by atoms with Crippen molar-refractivity contribution in [3.63, 3.8) is 0 Å². The number of para-hydroxylation sites is 2. The molecule has 12 aromatic carbocycles. The summed E-state index contributed by atoms with van der Waals surface area (Å²) >= 11 is 0. The standard InChI is InChI=1S/C71H47NO2/c1-4-16-53(17-5-1)71(54-18-6-2-7-19-54,55-20-8-3-9-21-55)56-36-28-50(29-37-56)59-42-43-66(61-23-11-10-22-60(59)61)72(57-38-30-48(31-39-57)51-34-44-69-64(46-51)62-24-12-14-26-67(62)73-69)58-40-32-49(33-41-58)52-35-45-70-65(47-52)63-25-13-15-27-68(63)74-70/h1-47H. The molecule has 348 valence electrons. The Kier molecular flexibility index (Phi) is 10.4. The van der Waals surface area contributed by atoms with Gasteiger partial charge in [0.2, 0.25) is 0 Å². The van der Waals surface area contributed by atoms with Gasteiger partial charge in [-0.15, -0.1) is 0 Å². The van der Waals surface area contributed by atoms with Crippen molar-refractivity contribution in [3.8, 4) is 33.4 Å². The van der Waals surface area contributed by atoms with E-state index in [1.807, 2.05) is 24.3 Å². The molecule has 3 heteroatoms. The van der Waals surface area contributed by atoms with Crippen LogP contribution in [0, 0.1) is 0 Å². The number of hydrogen-bond acceptors (Lipinski definition) is 3. The molecule has 0 spiro atoms. The molecule has 0 bridgehead atoms. The van der Waals surface area contributed by atoms with Gasteiger partial charge in [-0.1, -0.05) is 218 Å². The summed E-state index contributed by atoms with van der Waals surface area (Å²) in [6.45, 7) is 0. The average Bonchev–Trinajstić information content (AvgIpc) is 4.05. The minimum atomic E-state index is -0.527. The van der Waals surface area contributed by atoms with Gasteiger partial charge in [-0.05, 0) is 128 Å². The van der Waals surface area contributed by atoms with Crippen LogP contribution in [0.3, 0.4) is 0 Å². The number of anilines is 3. The highest BCUT2D eigenvalue weighted by Crippen LogP contribution is 2.47. The van der Waals surface area contributed by atoms with Gasteiger partial charge in [-0.25, -0.2) is 0 Å². The molecule has 3 nitrogen and oxygen atoms in total. The lowest BCUT2D eigenvalue weighted by atomic mass is 9.65. The molecule has 0 radical (unpaired) electrons. The Morgan fingerprint density at radius 2 is 0.608 bits per heavy atom. The predicted octanol–water partition coefficient (Wildman–Crippen LogP) is 19.5. The zero-order valence-corrected chi connectivity index (χ0v) is 40.4. The first-order chi connectivity index (χ1) is 36.7. The van der Waals surface area contributed by atoms with E-state index in [0.29, 0.717) is 0 Å². The van der Waals surface area contributed by atoms with Crippen LogP contribution < -0.4 is 4.90 Å². The Hall–Kier alpha value is -9.70. The van der Waals surface area contributed by atoms with Crippen molar-refractivity contribution in [2.24, 2.45) is 0 Å². The second-order valence-corrected chi connectivity index (χ2v) is 19.2. The van der Waals surface area contributed by atoms with Crippen LogP contribution in [-0.4, -0.2) is 0 Å². The van der Waals surface area contributed by atoms with Gasteiger partial charge in [0.25, 0.3) is 0 Å². The summed E-state index contributed by atoms with van der Waals surface area (Å²) in [7, 11) is 0. The largest absolute Gasteiger partial charge is 0.456 e. The van der Waals surface area contributed by atoms with E-state index in [-0.39, 0.29) is 0 Å². The van der Waals surface area contributed by atoms with Crippen LogP contribution in [-0.2, 0) is 5.41 Å². The minimum absolute atomic E-state index is 0.527. The molecule has 74 heavy (non-hydrogen) atoms. The van der Waals surface area contributed by atoms with Crippen LogP contribution in [0.1, 0.15) is 22.3 Å². The highest BCUT2D eigenvalue weighted by Gasteiger charge is 2.38. The van der Waals surface area contributed by atoms with E-state index in [9.17, 15) is 0 Å². The maximum Gasteiger partial charge on any atom is 0.135 e. The van der Waals surface area contributed by atoms with E-state index in [4.69, 9.17) is 8.83 Å². The summed E-state index contributed by atoms with van der Waals surface area (Å²) < 4.78 is 12.4. The van der Waals surface area contributed by atoms with Crippen molar-refractivity contribution in [3.05, 3.63) is 307 Å². The van der Waals surface area contributed by atoms with E-state index in [2.05, 4.69) is 266 Å². The van der Waals surface area contributed by atoms with Crippen molar-refractivity contribution >= 4 is 71.7 Å². The number of nitrogens with zero attached hydrogens (tertiary/aromatic N) is 1. The summed E-state index contributed by atoms with van der Waals surface area (Å²) in [4.78, 5) is 2.40. The van der Waals surface area contributed by atoms with Crippen molar-refractivity contribution in [1.29, 1.82) is 0 Å². The van der Waals surface area contributed by atoms with Gasteiger partial charge in [0.1, 0.15) is 22.3 Å². The maximum atomic E-state index is 6.19. The Balaban J connectivity index is 0.882. The normalized spacial score (nSPS) is 11.8. The van der Waals surface area contributed by atoms with Gasteiger partial charge >= 0.3 is 0 Å². The first kappa shape index (κ1) is 43.1. The van der Waals surface area contributed by atoms with Gasteiger partial charge in [0.05, 0.1) is 11.1 Å². The first-order valence-corrected chi connectivity index (χ1v) is 25.3. The Morgan fingerprint density at radius 1 is 0.243 bits per heavy atom. The van der Waals surface area contributed by atoms with Gasteiger partial charge in [-0.3, -0.25) is 0 Å². The molecule has 0 unspecified atom stereocenters. The van der Waals surface area contributed by atoms with Crippen LogP contribution in [0.2, 0.25) is 0 Å². The SMILES string of the molecule is c1ccc(C(c2ccccc2)(c2ccccc2)c2ccc(-c3ccc(N(c4ccc(-c5ccc6oc7ccccc7c6c5)cc4)c4ccc(-c5ccc6oc7ccccc7c6c5)cc4)c4ccccc34)cc2)cc1. The zero-order chi connectivity index (χ0) is 49.0. The number of fused-ring (bicyclic) bond motifs is 7. The molecule has 0 fully saturated rings. The number of rotatable bonds is 10. The third-order valence-electron chi connectivity index (χ3n) is 15.1. The van der Waals surface area contributed by atoms with Crippen molar-refractivity contribution in [1.82, 2.24) is 0 Å². The highest BCUT2D eigenvalue weighted by atomic mass is 16.3. The Morgan fingerprint density at radius 3 is 1.08 bits per heavy atom. The van der Waals surface area contributed by atoms with Crippen LogP contribution in [0.25, 0.3) is 88.0 Å². The lowest BCUT2D eigenvalue weighted by Gasteiger charge is -2.37. The van der Waals surface area contributed by atoms with Crippen LogP contribution in [0.5, 0.6) is 0 Å². The second-order valence-electron chi connectivity index (χ2n) is 19.2. The fraction of sp³-hybridized carbons (Fsp3) is 0.0141. The molecule has 0 saturated carbocycles. The topological polar surface area (TPSA) is 29.5 Å². The third-order valence-corrected chi connectivity index (χ3v) is 15.1. The zero-order valence-electron chi connectivity index (χ0n) is 40.4. The van der Waals surface area contributed by atoms with Crippen molar-refractivity contribution < 1.29 is 8.83 Å². The fourth-order valence-corrected chi connectivity index (χ4v) is 11.5. The molecule has 0 saturated heterocycles. The van der Waals surface area contributed by atoms with Crippen molar-refractivity contribution in [2.75, 3.05) is 4.90 Å². The molecule has 14 aromatic rings. The summed E-state index contributed by atoms with van der Waals surface area (Å²) in [6.07, 6.45) is 0. The maximum absolute atomic E-state index is 6.19. The summed E-state index contributed by atoms with van der Waals surface area (Å²) in [5, 5.41) is 6.82. The summed E-state index contributed by atoms with van der Waals surface area (Å²) in [6, 6.07) is 103. The van der Waals surface area contributed by atoms with E-state index in [1.54, 1.807) is 0 Å². The molecular weight excluding hydrogens is 899 g/mol. The molecule has 0 aliphatic carbocycles. The number of benzene rings is 12. The highest BCUT2D eigenvalue weighted by molar-refractivity contribution is 6.09. The van der Waals surface area contributed by atoms with E-state index >= 15 is 0 Å². The Labute approximate surface area is 429 Å². The van der Waals surface area contributed by atoms with Gasteiger partial charge in [0.15, 0.2) is 0 Å². The monoisotopic (exact) mass is 945 g/mol. The van der Waals surface area contributed by atoms with Gasteiger partial charge in [0, 0.05) is 38.3 Å². The molecule has 2 heterocycles. The van der Waals surface area contributed by atoms with Gasteiger partial charge in [-0.2, -0.15) is 0 Å². The van der Waals surface area contributed by atoms with Crippen LogP contribution >= 0.6 is 0 Å². The smallest absolute Gasteiger partial charge is 0.135 e. The Bertz CT molecular complexity index is 4070. The minimum Gasteiger partial charge on any atom is -0.456 e. The van der Waals surface area contributed by atoms with Crippen LogP contribution in [0.4, 0.5) is 17.1 Å². The molecule has 14 rings (SSSR count). The molecule has 2 aromatic heterocycles. The van der Waals surface area contributed by atoms with E-state index in [1.165, 1.54) is 33.2 Å². The van der Waals surface area contributed by atoms with Gasteiger partial charge < -0.3 is 13.7 Å². The molecule has 0 aliphatic heterocycles. The molecule has 0 amide bonds. The molecule has 0 atom stereocenters. The summed E-state index contributed by atoms with van der Waals surface area (Å²) in [5.41, 5.74) is 18.0. The lowest BCUT2D eigenvalue weighted by molar-refractivity contribution is 0.668. The van der Waals surface area contributed by atoms with E-state index < -0.39 is 5.41 Å². The average molecular weight is 946 g/mol.